The van der Waals surface area contributed by atoms with Crippen molar-refractivity contribution >= 4 is 29.4 Å². The van der Waals surface area contributed by atoms with Gasteiger partial charge in [0.05, 0.1) is 50.1 Å². The molecule has 1 atom stereocenters. The van der Waals surface area contributed by atoms with E-state index in [1.165, 1.54) is 27.2 Å². The summed E-state index contributed by atoms with van der Waals surface area (Å²) in [6, 6.07) is 8.62. The number of amides is 3. The molecular formula is C23H24N2O7. The lowest BCUT2D eigenvalue weighted by Gasteiger charge is -2.26. The molecule has 0 radical (unpaired) electrons. The van der Waals surface area contributed by atoms with Crippen LogP contribution in [0.1, 0.15) is 52.6 Å². The molecule has 2 aromatic carbocycles. The third kappa shape index (κ3) is 4.27. The van der Waals surface area contributed by atoms with Crippen LogP contribution in [0.2, 0.25) is 0 Å². The average molecular weight is 440 g/mol. The lowest BCUT2D eigenvalue weighted by molar-refractivity contribution is -0.141. The number of hydrogen-bond donors (Lipinski definition) is 1. The molecule has 0 saturated heterocycles. The highest BCUT2D eigenvalue weighted by atomic mass is 16.5. The molecule has 0 spiro atoms. The average Bonchev–Trinajstić information content (AvgIpc) is 3.02. The Morgan fingerprint density at radius 2 is 1.81 bits per heavy atom. The van der Waals surface area contributed by atoms with Gasteiger partial charge < -0.3 is 19.5 Å². The molecule has 1 aliphatic heterocycles. The van der Waals surface area contributed by atoms with E-state index in [2.05, 4.69) is 5.32 Å². The Bertz CT molecular complexity index is 1080. The van der Waals surface area contributed by atoms with E-state index in [0.29, 0.717) is 23.7 Å². The summed E-state index contributed by atoms with van der Waals surface area (Å²) >= 11 is 0. The molecule has 3 rings (SSSR count). The maximum absolute atomic E-state index is 13.4. The van der Waals surface area contributed by atoms with Crippen molar-refractivity contribution in [1.29, 1.82) is 0 Å². The molecule has 168 valence electrons. The van der Waals surface area contributed by atoms with Crippen molar-refractivity contribution < 1.29 is 33.4 Å². The highest BCUT2D eigenvalue weighted by Gasteiger charge is 2.43. The molecule has 0 fully saturated rings. The van der Waals surface area contributed by atoms with Crippen LogP contribution in [0.25, 0.3) is 0 Å². The number of hydrogen-bond acceptors (Lipinski definition) is 7. The van der Waals surface area contributed by atoms with Gasteiger partial charge in [-0.1, -0.05) is 12.1 Å². The van der Waals surface area contributed by atoms with E-state index in [-0.39, 0.29) is 29.1 Å². The number of rotatable bonds is 8. The number of ether oxygens (including phenoxy) is 3. The first-order valence-corrected chi connectivity index (χ1v) is 9.98. The molecule has 0 aromatic heterocycles. The van der Waals surface area contributed by atoms with E-state index in [1.54, 1.807) is 30.3 Å². The highest BCUT2D eigenvalue weighted by Crippen LogP contribution is 2.39. The van der Waals surface area contributed by atoms with Gasteiger partial charge in [0.1, 0.15) is 0 Å². The normalized spacial score (nSPS) is 13.4. The van der Waals surface area contributed by atoms with Crippen molar-refractivity contribution in [3.63, 3.8) is 0 Å². The predicted octanol–water partition coefficient (Wildman–Crippen LogP) is 2.95. The van der Waals surface area contributed by atoms with Crippen LogP contribution in [0.4, 0.5) is 5.69 Å². The van der Waals surface area contributed by atoms with Crippen LogP contribution >= 0.6 is 0 Å². The fraction of sp³-hybridized carbons (Fsp3) is 0.304. The smallest absolute Gasteiger partial charge is 0.307 e. The molecular weight excluding hydrogens is 416 g/mol. The molecule has 9 nitrogen and oxygen atoms in total. The van der Waals surface area contributed by atoms with Crippen LogP contribution in [-0.4, -0.2) is 49.4 Å². The van der Waals surface area contributed by atoms with E-state index < -0.39 is 23.8 Å². The second-order valence-electron chi connectivity index (χ2n) is 7.03. The number of methoxy groups -OCH3 is 2. The Balaban J connectivity index is 2.10. The summed E-state index contributed by atoms with van der Waals surface area (Å²) < 4.78 is 15.7. The van der Waals surface area contributed by atoms with Gasteiger partial charge in [0.25, 0.3) is 11.8 Å². The second-order valence-corrected chi connectivity index (χ2v) is 7.03. The Morgan fingerprint density at radius 1 is 1.06 bits per heavy atom. The zero-order valence-corrected chi connectivity index (χ0v) is 18.3. The molecule has 1 aliphatic rings. The number of fused-ring (bicyclic) bond motifs is 1. The van der Waals surface area contributed by atoms with Crippen LogP contribution in [0, 0.1) is 0 Å². The fourth-order valence-corrected chi connectivity index (χ4v) is 3.65. The Morgan fingerprint density at radius 3 is 2.44 bits per heavy atom. The number of carbonyl (C=O) groups excluding carboxylic acids is 4. The first kappa shape index (κ1) is 22.8. The molecule has 2 aromatic rings. The van der Waals surface area contributed by atoms with E-state index in [9.17, 15) is 19.2 Å². The Hall–Kier alpha value is -3.88. The maximum atomic E-state index is 13.4. The summed E-state index contributed by atoms with van der Waals surface area (Å²) in [6.45, 7) is 3.49. The number of esters is 1. The Labute approximate surface area is 185 Å². The van der Waals surface area contributed by atoms with Crippen LogP contribution in [0.15, 0.2) is 36.4 Å². The van der Waals surface area contributed by atoms with Crippen LogP contribution in [-0.2, 0) is 14.3 Å². The molecule has 1 N–H and O–H groups in total. The summed E-state index contributed by atoms with van der Waals surface area (Å²) in [5, 5.41) is 2.58. The van der Waals surface area contributed by atoms with Gasteiger partial charge >= 0.3 is 5.97 Å². The fourth-order valence-electron chi connectivity index (χ4n) is 3.65. The van der Waals surface area contributed by atoms with Gasteiger partial charge in [-0.2, -0.15) is 0 Å². The van der Waals surface area contributed by atoms with Crippen molar-refractivity contribution in [3.05, 3.63) is 53.1 Å². The summed E-state index contributed by atoms with van der Waals surface area (Å²) in [4.78, 5) is 51.4. The molecule has 1 heterocycles. The number of nitrogens with zero attached hydrogens (tertiary/aromatic N) is 1. The van der Waals surface area contributed by atoms with Crippen molar-refractivity contribution in [1.82, 2.24) is 4.90 Å². The molecule has 32 heavy (non-hydrogen) atoms. The van der Waals surface area contributed by atoms with Gasteiger partial charge in [-0.05, 0) is 36.8 Å². The zero-order chi connectivity index (χ0) is 23.4. The van der Waals surface area contributed by atoms with Crippen molar-refractivity contribution in [3.8, 4) is 11.5 Å². The Kier molecular flexibility index (Phi) is 6.77. The van der Waals surface area contributed by atoms with Crippen LogP contribution < -0.4 is 14.8 Å². The highest BCUT2D eigenvalue weighted by molar-refractivity contribution is 6.24. The lowest BCUT2D eigenvalue weighted by atomic mass is 10.0. The van der Waals surface area contributed by atoms with Crippen LogP contribution in [0.5, 0.6) is 11.5 Å². The van der Waals surface area contributed by atoms with Crippen LogP contribution in [0.3, 0.4) is 0 Å². The number of carbonyl (C=O) groups is 4. The van der Waals surface area contributed by atoms with E-state index >= 15 is 0 Å². The summed E-state index contributed by atoms with van der Waals surface area (Å²) in [5.41, 5.74) is 0.961. The summed E-state index contributed by atoms with van der Waals surface area (Å²) in [7, 11) is 2.73. The van der Waals surface area contributed by atoms with Gasteiger partial charge in [-0.3, -0.25) is 24.1 Å². The molecule has 0 aliphatic carbocycles. The second kappa shape index (κ2) is 9.51. The third-order valence-electron chi connectivity index (χ3n) is 5.03. The maximum Gasteiger partial charge on any atom is 0.307 e. The molecule has 0 bridgehead atoms. The monoisotopic (exact) mass is 440 g/mol. The molecule has 0 saturated carbocycles. The van der Waals surface area contributed by atoms with Gasteiger partial charge in [-0.15, -0.1) is 0 Å². The standard InChI is InChI=1S/C23H24N2O7/c1-5-32-19-11-14(9-10-18(19)30-3)17(12-20(27)31-4)25-22(28)15-7-6-8-16(24-13(2)26)21(15)23(25)29/h6-11,17H,5,12H2,1-4H3,(H,24,26)/t17-/m1/s1. The molecule has 3 amide bonds. The molecule has 9 heteroatoms. The summed E-state index contributed by atoms with van der Waals surface area (Å²) in [6.07, 6.45) is -0.255. The van der Waals surface area contributed by atoms with Gasteiger partial charge in [-0.25, -0.2) is 0 Å². The predicted molar refractivity (Wildman–Crippen MR) is 115 cm³/mol. The quantitative estimate of drug-likeness (QED) is 0.496. The van der Waals surface area contributed by atoms with E-state index in [0.717, 1.165) is 4.90 Å². The van der Waals surface area contributed by atoms with Gasteiger partial charge in [0, 0.05) is 6.92 Å². The summed E-state index contributed by atoms with van der Waals surface area (Å²) in [5.74, 6) is -1.26. The number of nitrogens with one attached hydrogen (secondary N) is 1. The first-order chi connectivity index (χ1) is 15.3. The van der Waals surface area contributed by atoms with Gasteiger partial charge in [0.2, 0.25) is 5.91 Å². The zero-order valence-electron chi connectivity index (χ0n) is 18.3. The van der Waals surface area contributed by atoms with Gasteiger partial charge in [0.15, 0.2) is 11.5 Å². The SMILES string of the molecule is CCOc1cc([C@@H](CC(=O)OC)N2C(=O)c3cccc(NC(C)=O)c3C2=O)ccc1OC. The van der Waals surface area contributed by atoms with Crippen molar-refractivity contribution in [2.24, 2.45) is 0 Å². The minimum atomic E-state index is -0.954. The van der Waals surface area contributed by atoms with E-state index in [1.807, 2.05) is 6.92 Å². The van der Waals surface area contributed by atoms with Crippen molar-refractivity contribution in [2.75, 3.05) is 26.1 Å². The largest absolute Gasteiger partial charge is 0.493 e. The van der Waals surface area contributed by atoms with Crippen molar-refractivity contribution in [2.45, 2.75) is 26.3 Å². The number of imide groups is 1. The third-order valence-corrected chi connectivity index (χ3v) is 5.03. The van der Waals surface area contributed by atoms with E-state index in [4.69, 9.17) is 14.2 Å². The number of benzene rings is 2. The topological polar surface area (TPSA) is 111 Å². The first-order valence-electron chi connectivity index (χ1n) is 9.98. The number of anilines is 1. The minimum absolute atomic E-state index is 0.0844. The minimum Gasteiger partial charge on any atom is -0.493 e. The molecule has 0 unspecified atom stereocenters. The lowest BCUT2D eigenvalue weighted by Crippen LogP contribution is -2.35.